The van der Waals surface area contributed by atoms with Crippen LogP contribution in [0.4, 0.5) is 0 Å². The van der Waals surface area contributed by atoms with Gasteiger partial charge in [-0.2, -0.15) is 0 Å². The predicted molar refractivity (Wildman–Crippen MR) is 24.3 cm³/mol. The van der Waals surface area contributed by atoms with Gasteiger partial charge < -0.3 is 14.2 Å². The Morgan fingerprint density at radius 3 is 1.14 bits per heavy atom. The molecule has 0 aliphatic carbocycles. The molecule has 0 aliphatic rings. The maximum absolute atomic E-state index is 4.52. The number of hydrogen-bond donors (Lipinski definition) is 0. The van der Waals surface area contributed by atoms with Crippen molar-refractivity contribution in [3.05, 3.63) is 6.48 Å². The minimum absolute atomic E-state index is 0.181. The van der Waals surface area contributed by atoms with Crippen LogP contribution in [0.25, 0.3) is 0 Å². The van der Waals surface area contributed by atoms with E-state index in [0.717, 1.165) is 0 Å². The van der Waals surface area contributed by atoms with Crippen LogP contribution < -0.4 is 0 Å². The molecule has 43 valence electrons. The molecule has 7 heavy (non-hydrogen) atoms. The van der Waals surface area contributed by atoms with E-state index in [2.05, 4.69) is 14.2 Å². The molecule has 0 unspecified atom stereocenters. The van der Waals surface area contributed by atoms with Gasteiger partial charge in [-0.15, -0.1) is 0 Å². The molecule has 0 rings (SSSR count). The van der Waals surface area contributed by atoms with Crippen molar-refractivity contribution in [2.45, 2.75) is 0 Å². The first kappa shape index (κ1) is 6.88. The van der Waals surface area contributed by atoms with Crippen LogP contribution >= 0.6 is 0 Å². The third-order valence-corrected chi connectivity index (χ3v) is 0.500. The quantitative estimate of drug-likeness (QED) is 0.519. The fourth-order valence-electron chi connectivity index (χ4n) is 0.250. The lowest BCUT2D eigenvalue weighted by atomic mass is 11.2. The molecule has 1 radical (unpaired) electrons. The molecule has 0 saturated heterocycles. The van der Waals surface area contributed by atoms with Crippen LogP contribution in [-0.2, 0) is 14.2 Å². The van der Waals surface area contributed by atoms with Gasteiger partial charge in [0, 0.05) is 21.3 Å². The monoisotopic (exact) mass is 105 g/mol. The molecule has 0 N–H and O–H groups in total. The largest absolute Gasteiger partial charge is 0.369 e. The Hall–Kier alpha value is -0.120. The summed E-state index contributed by atoms with van der Waals surface area (Å²) in [6.07, 6.45) is 0. The van der Waals surface area contributed by atoms with Crippen LogP contribution in [0.5, 0.6) is 0 Å². The van der Waals surface area contributed by atoms with E-state index in [1.807, 2.05) is 0 Å². The Kier molecular flexibility index (Phi) is 3.98. The zero-order valence-electron chi connectivity index (χ0n) is 4.72. The summed E-state index contributed by atoms with van der Waals surface area (Å²) in [5.41, 5.74) is 0. The summed E-state index contributed by atoms with van der Waals surface area (Å²) in [7, 11) is 4.42. The zero-order valence-corrected chi connectivity index (χ0v) is 4.72. The molecule has 3 heteroatoms. The summed E-state index contributed by atoms with van der Waals surface area (Å²) in [4.78, 5) is 0. The van der Waals surface area contributed by atoms with Crippen LogP contribution in [0.3, 0.4) is 0 Å². The molecule has 0 atom stereocenters. The van der Waals surface area contributed by atoms with Crippen LogP contribution in [0.15, 0.2) is 0 Å². The van der Waals surface area contributed by atoms with Crippen molar-refractivity contribution in [3.8, 4) is 0 Å². The molecule has 0 bridgehead atoms. The molecule has 0 fully saturated rings. The first-order valence-electron chi connectivity index (χ1n) is 1.84. The van der Waals surface area contributed by atoms with Crippen molar-refractivity contribution >= 4 is 0 Å². The minimum Gasteiger partial charge on any atom is -0.324 e. The molecule has 0 aliphatic heterocycles. The van der Waals surface area contributed by atoms with Crippen molar-refractivity contribution in [1.82, 2.24) is 0 Å². The second-order valence-electron chi connectivity index (χ2n) is 0.862. The van der Waals surface area contributed by atoms with Gasteiger partial charge in [-0.1, -0.05) is 0 Å². The fraction of sp³-hybridized carbons (Fsp3) is 0.750. The fourth-order valence-corrected chi connectivity index (χ4v) is 0.250. The summed E-state index contributed by atoms with van der Waals surface area (Å²) in [6, 6.07) is 0. The second kappa shape index (κ2) is 4.05. The van der Waals surface area contributed by atoms with Crippen LogP contribution in [0.1, 0.15) is 0 Å². The highest BCUT2D eigenvalue weighted by Gasteiger charge is 2.01. The standard InChI is InChI=1S/C4H9O3/c1-5-4(6-2)7-3/h1-3H3. The van der Waals surface area contributed by atoms with Gasteiger partial charge in [-0.3, -0.25) is 0 Å². The Morgan fingerprint density at radius 1 is 0.857 bits per heavy atom. The molecular formula is C4H9O3. The molecule has 0 saturated carbocycles. The molecule has 0 heterocycles. The highest BCUT2D eigenvalue weighted by atomic mass is 16.8. The number of hydrogen-bond acceptors (Lipinski definition) is 3. The minimum atomic E-state index is 0.181. The van der Waals surface area contributed by atoms with E-state index in [1.165, 1.54) is 21.3 Å². The van der Waals surface area contributed by atoms with Gasteiger partial charge >= 0.3 is 6.48 Å². The topological polar surface area (TPSA) is 27.7 Å². The van der Waals surface area contributed by atoms with Crippen LogP contribution in [-0.4, -0.2) is 21.3 Å². The van der Waals surface area contributed by atoms with E-state index in [1.54, 1.807) is 0 Å². The summed E-state index contributed by atoms with van der Waals surface area (Å²) < 4.78 is 13.6. The lowest BCUT2D eigenvalue weighted by Gasteiger charge is -2.04. The summed E-state index contributed by atoms with van der Waals surface area (Å²) in [6.45, 7) is 0.181. The van der Waals surface area contributed by atoms with E-state index in [0.29, 0.717) is 0 Å². The molecule has 0 aromatic carbocycles. The average Bonchev–Trinajstić information content (AvgIpc) is 1.72. The van der Waals surface area contributed by atoms with Crippen molar-refractivity contribution in [1.29, 1.82) is 0 Å². The molecule has 0 amide bonds. The third-order valence-electron chi connectivity index (χ3n) is 0.500. The molecule has 0 aromatic rings. The van der Waals surface area contributed by atoms with Gasteiger partial charge in [0.05, 0.1) is 0 Å². The molecular weight excluding hydrogens is 96.0 g/mol. The molecule has 0 aromatic heterocycles. The highest BCUT2D eigenvalue weighted by Crippen LogP contribution is 1.98. The first-order chi connectivity index (χ1) is 3.35. The van der Waals surface area contributed by atoms with Crippen molar-refractivity contribution in [3.63, 3.8) is 0 Å². The second-order valence-corrected chi connectivity index (χ2v) is 0.862. The SMILES string of the molecule is CO[C](OC)OC. The van der Waals surface area contributed by atoms with Crippen LogP contribution in [0.2, 0.25) is 0 Å². The number of ether oxygens (including phenoxy) is 3. The van der Waals surface area contributed by atoms with E-state index in [4.69, 9.17) is 0 Å². The maximum atomic E-state index is 4.52. The Balaban J connectivity index is 2.99. The van der Waals surface area contributed by atoms with E-state index in [9.17, 15) is 0 Å². The van der Waals surface area contributed by atoms with Gasteiger partial charge in [0.25, 0.3) is 0 Å². The van der Waals surface area contributed by atoms with E-state index >= 15 is 0 Å². The van der Waals surface area contributed by atoms with E-state index < -0.39 is 0 Å². The van der Waals surface area contributed by atoms with Crippen LogP contribution in [0, 0.1) is 6.48 Å². The molecule has 3 nitrogen and oxygen atoms in total. The number of rotatable bonds is 3. The Bertz CT molecular complexity index is 28.4. The number of methoxy groups -OCH3 is 3. The van der Waals surface area contributed by atoms with E-state index in [-0.39, 0.29) is 6.48 Å². The van der Waals surface area contributed by atoms with Gasteiger partial charge in [0.15, 0.2) is 0 Å². The maximum Gasteiger partial charge on any atom is 0.369 e. The van der Waals surface area contributed by atoms with Gasteiger partial charge in [-0.05, 0) is 0 Å². The third kappa shape index (κ3) is 2.56. The lowest BCUT2D eigenvalue weighted by Crippen LogP contribution is -2.03. The summed E-state index contributed by atoms with van der Waals surface area (Å²) in [5.74, 6) is 0. The van der Waals surface area contributed by atoms with Crippen molar-refractivity contribution < 1.29 is 14.2 Å². The van der Waals surface area contributed by atoms with Gasteiger partial charge in [0.1, 0.15) is 0 Å². The zero-order chi connectivity index (χ0) is 5.70. The highest BCUT2D eigenvalue weighted by molar-refractivity contribution is 4.37. The van der Waals surface area contributed by atoms with Crippen molar-refractivity contribution in [2.75, 3.05) is 21.3 Å². The smallest absolute Gasteiger partial charge is 0.324 e. The van der Waals surface area contributed by atoms with Gasteiger partial charge in [0.2, 0.25) is 0 Å². The first-order valence-corrected chi connectivity index (χ1v) is 1.84. The normalized spacial score (nSPS) is 10.3. The lowest BCUT2D eigenvalue weighted by molar-refractivity contribution is -0.144. The summed E-state index contributed by atoms with van der Waals surface area (Å²) in [5, 5.41) is 0. The molecule has 0 spiro atoms. The summed E-state index contributed by atoms with van der Waals surface area (Å²) >= 11 is 0. The van der Waals surface area contributed by atoms with Gasteiger partial charge in [-0.25, -0.2) is 0 Å². The predicted octanol–water partition coefficient (Wildman–Crippen LogP) is 0.373. The Morgan fingerprint density at radius 2 is 1.14 bits per heavy atom. The average molecular weight is 105 g/mol. The Labute approximate surface area is 43.2 Å². The van der Waals surface area contributed by atoms with Crippen molar-refractivity contribution in [2.24, 2.45) is 0 Å².